The van der Waals surface area contributed by atoms with Crippen LogP contribution in [0.2, 0.25) is 0 Å². The van der Waals surface area contributed by atoms with Crippen molar-refractivity contribution in [2.45, 2.75) is 31.1 Å². The van der Waals surface area contributed by atoms with Crippen LogP contribution in [0.5, 0.6) is 0 Å². The van der Waals surface area contributed by atoms with E-state index in [0.717, 1.165) is 44.0 Å². The van der Waals surface area contributed by atoms with Gasteiger partial charge in [0.25, 0.3) is 0 Å². The highest BCUT2D eigenvalue weighted by atomic mass is 32.2. The number of nitrogen functional groups attached to an aromatic ring is 1. The van der Waals surface area contributed by atoms with E-state index >= 15 is 0 Å². The molecule has 1 fully saturated rings. The molecular formula is C11H17N3OS. The summed E-state index contributed by atoms with van der Waals surface area (Å²) in [4.78, 5) is 0. The SMILES string of the molecule is Nc1c2c(nn1C1CCCOC1)CSCC2. The fourth-order valence-electron chi connectivity index (χ4n) is 2.46. The first-order valence-corrected chi connectivity index (χ1v) is 7.03. The summed E-state index contributed by atoms with van der Waals surface area (Å²) in [5.74, 6) is 3.07. The lowest BCUT2D eigenvalue weighted by atomic mass is 10.1. The van der Waals surface area contributed by atoms with Crippen molar-refractivity contribution in [3.8, 4) is 0 Å². The first-order valence-electron chi connectivity index (χ1n) is 5.87. The van der Waals surface area contributed by atoms with Crippen molar-refractivity contribution in [2.75, 3.05) is 24.7 Å². The van der Waals surface area contributed by atoms with Gasteiger partial charge in [-0.15, -0.1) is 0 Å². The standard InChI is InChI=1S/C11H17N3OS/c12-11-9-3-5-16-7-10(9)13-14(11)8-2-1-4-15-6-8/h8H,1-7,12H2. The number of fused-ring (bicyclic) bond motifs is 1. The highest BCUT2D eigenvalue weighted by molar-refractivity contribution is 7.98. The molecule has 0 saturated carbocycles. The van der Waals surface area contributed by atoms with Crippen LogP contribution in [0.4, 0.5) is 5.82 Å². The summed E-state index contributed by atoms with van der Waals surface area (Å²) in [6.45, 7) is 1.64. The second kappa shape index (κ2) is 4.30. The quantitative estimate of drug-likeness (QED) is 0.809. The predicted molar refractivity (Wildman–Crippen MR) is 65.6 cm³/mol. The number of hydrogen-bond acceptors (Lipinski definition) is 4. The van der Waals surface area contributed by atoms with Crippen LogP contribution in [-0.4, -0.2) is 28.7 Å². The van der Waals surface area contributed by atoms with Crippen molar-refractivity contribution in [3.05, 3.63) is 11.3 Å². The Morgan fingerprint density at radius 2 is 2.44 bits per heavy atom. The molecule has 3 heterocycles. The molecule has 88 valence electrons. The Hall–Kier alpha value is -0.680. The smallest absolute Gasteiger partial charge is 0.125 e. The number of ether oxygens (including phenoxy) is 1. The van der Waals surface area contributed by atoms with Gasteiger partial charge in [0.05, 0.1) is 18.3 Å². The van der Waals surface area contributed by atoms with E-state index in [0.29, 0.717) is 6.04 Å². The van der Waals surface area contributed by atoms with E-state index in [1.54, 1.807) is 0 Å². The van der Waals surface area contributed by atoms with E-state index in [9.17, 15) is 0 Å². The molecule has 1 unspecified atom stereocenters. The second-order valence-corrected chi connectivity index (χ2v) is 5.53. The molecule has 2 aliphatic heterocycles. The summed E-state index contributed by atoms with van der Waals surface area (Å²) < 4.78 is 7.51. The van der Waals surface area contributed by atoms with Crippen molar-refractivity contribution in [3.63, 3.8) is 0 Å². The third-order valence-electron chi connectivity index (χ3n) is 3.35. The summed E-state index contributed by atoms with van der Waals surface area (Å²) in [5, 5.41) is 4.66. The predicted octanol–water partition coefficient (Wildman–Crippen LogP) is 1.61. The second-order valence-electron chi connectivity index (χ2n) is 4.43. The Kier molecular flexibility index (Phi) is 2.81. The molecule has 0 aromatic carbocycles. The Morgan fingerprint density at radius 1 is 1.50 bits per heavy atom. The van der Waals surface area contributed by atoms with Gasteiger partial charge in [-0.25, -0.2) is 4.68 Å². The van der Waals surface area contributed by atoms with Gasteiger partial charge < -0.3 is 10.5 Å². The van der Waals surface area contributed by atoms with Gasteiger partial charge in [0, 0.05) is 17.9 Å². The average Bonchev–Trinajstić information content (AvgIpc) is 2.69. The van der Waals surface area contributed by atoms with Gasteiger partial charge in [-0.2, -0.15) is 16.9 Å². The minimum Gasteiger partial charge on any atom is -0.384 e. The molecule has 0 amide bonds. The molecule has 16 heavy (non-hydrogen) atoms. The van der Waals surface area contributed by atoms with Gasteiger partial charge in [0.15, 0.2) is 0 Å². The number of hydrogen-bond donors (Lipinski definition) is 1. The molecule has 3 rings (SSSR count). The molecule has 0 aliphatic carbocycles. The number of thioether (sulfide) groups is 1. The molecule has 1 atom stereocenters. The van der Waals surface area contributed by atoms with Gasteiger partial charge >= 0.3 is 0 Å². The van der Waals surface area contributed by atoms with Crippen molar-refractivity contribution in [2.24, 2.45) is 0 Å². The number of anilines is 1. The van der Waals surface area contributed by atoms with Crippen LogP contribution < -0.4 is 5.73 Å². The summed E-state index contributed by atoms with van der Waals surface area (Å²) in [5.41, 5.74) is 8.67. The normalized spacial score (nSPS) is 25.4. The zero-order valence-corrected chi connectivity index (χ0v) is 10.1. The van der Waals surface area contributed by atoms with Crippen LogP contribution in [0.3, 0.4) is 0 Å². The van der Waals surface area contributed by atoms with Crippen LogP contribution in [0.15, 0.2) is 0 Å². The molecule has 2 N–H and O–H groups in total. The minimum atomic E-state index is 0.351. The highest BCUT2D eigenvalue weighted by Crippen LogP contribution is 2.31. The zero-order valence-electron chi connectivity index (χ0n) is 9.32. The molecule has 0 spiro atoms. The van der Waals surface area contributed by atoms with Crippen molar-refractivity contribution in [1.29, 1.82) is 0 Å². The lowest BCUT2D eigenvalue weighted by Gasteiger charge is -2.23. The van der Waals surface area contributed by atoms with Crippen molar-refractivity contribution in [1.82, 2.24) is 9.78 Å². The summed E-state index contributed by atoms with van der Waals surface area (Å²) >= 11 is 1.94. The fourth-order valence-corrected chi connectivity index (χ4v) is 3.37. The van der Waals surface area contributed by atoms with Gasteiger partial charge in [0.1, 0.15) is 5.82 Å². The summed E-state index contributed by atoms with van der Waals surface area (Å²) in [6, 6.07) is 0.351. The van der Waals surface area contributed by atoms with E-state index in [1.807, 2.05) is 16.4 Å². The number of rotatable bonds is 1. The first-order chi connectivity index (χ1) is 7.86. The van der Waals surface area contributed by atoms with Crippen LogP contribution in [0, 0.1) is 0 Å². The monoisotopic (exact) mass is 239 g/mol. The van der Waals surface area contributed by atoms with Crippen LogP contribution in [0.1, 0.15) is 30.1 Å². The van der Waals surface area contributed by atoms with Crippen LogP contribution >= 0.6 is 11.8 Å². The number of nitrogens with two attached hydrogens (primary N) is 1. The highest BCUT2D eigenvalue weighted by Gasteiger charge is 2.24. The third-order valence-corrected chi connectivity index (χ3v) is 4.32. The third kappa shape index (κ3) is 1.72. The summed E-state index contributed by atoms with van der Waals surface area (Å²) in [6.07, 6.45) is 3.32. The lowest BCUT2D eigenvalue weighted by Crippen LogP contribution is -2.23. The molecule has 1 saturated heterocycles. The van der Waals surface area contributed by atoms with E-state index in [2.05, 4.69) is 5.10 Å². The number of aromatic nitrogens is 2. The molecule has 2 aliphatic rings. The molecular weight excluding hydrogens is 222 g/mol. The number of nitrogens with zero attached hydrogens (tertiary/aromatic N) is 2. The van der Waals surface area contributed by atoms with Gasteiger partial charge in [-0.1, -0.05) is 0 Å². The van der Waals surface area contributed by atoms with Crippen LogP contribution in [-0.2, 0) is 16.9 Å². The van der Waals surface area contributed by atoms with E-state index in [-0.39, 0.29) is 0 Å². The van der Waals surface area contributed by atoms with E-state index in [1.165, 1.54) is 17.0 Å². The zero-order chi connectivity index (χ0) is 11.0. The van der Waals surface area contributed by atoms with Crippen molar-refractivity contribution >= 4 is 17.6 Å². The molecule has 0 bridgehead atoms. The summed E-state index contributed by atoms with van der Waals surface area (Å²) in [7, 11) is 0. The maximum Gasteiger partial charge on any atom is 0.125 e. The van der Waals surface area contributed by atoms with Crippen molar-refractivity contribution < 1.29 is 4.74 Å². The van der Waals surface area contributed by atoms with Gasteiger partial charge in [0.2, 0.25) is 0 Å². The fraction of sp³-hybridized carbons (Fsp3) is 0.727. The minimum absolute atomic E-state index is 0.351. The van der Waals surface area contributed by atoms with E-state index < -0.39 is 0 Å². The molecule has 4 nitrogen and oxygen atoms in total. The Labute approximate surface area is 99.5 Å². The topological polar surface area (TPSA) is 53.1 Å². The maximum atomic E-state index is 6.19. The van der Waals surface area contributed by atoms with Gasteiger partial charge in [-0.3, -0.25) is 0 Å². The Bertz CT molecular complexity index is 385. The lowest BCUT2D eigenvalue weighted by molar-refractivity contribution is 0.0556. The van der Waals surface area contributed by atoms with E-state index in [4.69, 9.17) is 10.5 Å². The Balaban J connectivity index is 1.91. The molecule has 1 aromatic rings. The maximum absolute atomic E-state index is 6.19. The molecule has 5 heteroatoms. The Morgan fingerprint density at radius 3 is 3.19 bits per heavy atom. The average molecular weight is 239 g/mol. The molecule has 0 radical (unpaired) electrons. The first kappa shape index (κ1) is 10.5. The van der Waals surface area contributed by atoms with Crippen LogP contribution in [0.25, 0.3) is 0 Å². The van der Waals surface area contributed by atoms with Gasteiger partial charge in [-0.05, 0) is 25.0 Å². The largest absolute Gasteiger partial charge is 0.384 e. The molecule has 1 aromatic heterocycles.